The van der Waals surface area contributed by atoms with Crippen molar-refractivity contribution in [1.29, 1.82) is 0 Å². The smallest absolute Gasteiger partial charge is 0.143 e. The predicted molar refractivity (Wildman–Crippen MR) is 61.5 cm³/mol. The molecule has 1 fully saturated rings. The molecule has 1 aromatic rings. The molecule has 2 aliphatic rings. The fourth-order valence-electron chi connectivity index (χ4n) is 2.68. The van der Waals surface area contributed by atoms with Crippen molar-refractivity contribution in [3.63, 3.8) is 0 Å². The topological polar surface area (TPSA) is 21.3 Å². The molecular weight excluding hydrogens is 186 g/mol. The fraction of sp³-hybridized carbons (Fsp3) is 0.538. The number of anilines is 1. The van der Waals surface area contributed by atoms with Gasteiger partial charge in [0.15, 0.2) is 0 Å². The molecule has 2 nitrogen and oxygen atoms in total. The summed E-state index contributed by atoms with van der Waals surface area (Å²) in [7, 11) is 0. The quantitative estimate of drug-likeness (QED) is 0.699. The van der Waals surface area contributed by atoms with Crippen LogP contribution in [0.4, 0.5) is 5.69 Å². The SMILES string of the molecule is Cc1ccc2c(c1)OC1(CCCC1)CN2. The molecule has 2 heteroatoms. The number of hydrogen-bond donors (Lipinski definition) is 1. The summed E-state index contributed by atoms with van der Waals surface area (Å²) in [6.07, 6.45) is 5.02. The molecule has 0 aromatic heterocycles. The summed E-state index contributed by atoms with van der Waals surface area (Å²) < 4.78 is 6.20. The van der Waals surface area contributed by atoms with Crippen LogP contribution in [-0.2, 0) is 0 Å². The van der Waals surface area contributed by atoms with Crippen LogP contribution in [0, 0.1) is 6.92 Å². The van der Waals surface area contributed by atoms with Crippen molar-refractivity contribution in [3.05, 3.63) is 23.8 Å². The van der Waals surface area contributed by atoms with Gasteiger partial charge in [0.2, 0.25) is 0 Å². The number of rotatable bonds is 0. The molecule has 1 saturated carbocycles. The Morgan fingerprint density at radius 1 is 1.27 bits per heavy atom. The third-order valence-corrected chi connectivity index (χ3v) is 3.58. The minimum atomic E-state index is 0.0980. The molecule has 80 valence electrons. The van der Waals surface area contributed by atoms with Crippen LogP contribution < -0.4 is 10.1 Å². The highest BCUT2D eigenvalue weighted by atomic mass is 16.5. The molecule has 1 N–H and O–H groups in total. The normalized spacial score (nSPS) is 21.9. The first-order valence-electron chi connectivity index (χ1n) is 5.81. The van der Waals surface area contributed by atoms with E-state index in [9.17, 15) is 0 Å². The predicted octanol–water partition coefficient (Wildman–Crippen LogP) is 3.11. The average Bonchev–Trinajstić information content (AvgIpc) is 2.66. The van der Waals surface area contributed by atoms with Gasteiger partial charge in [0.25, 0.3) is 0 Å². The molecule has 15 heavy (non-hydrogen) atoms. The van der Waals surface area contributed by atoms with E-state index in [1.807, 2.05) is 0 Å². The molecule has 0 saturated heterocycles. The van der Waals surface area contributed by atoms with Crippen molar-refractivity contribution < 1.29 is 4.74 Å². The van der Waals surface area contributed by atoms with Crippen molar-refractivity contribution in [1.82, 2.24) is 0 Å². The number of ether oxygens (including phenoxy) is 1. The monoisotopic (exact) mass is 203 g/mol. The molecule has 0 atom stereocenters. The minimum absolute atomic E-state index is 0.0980. The minimum Gasteiger partial charge on any atom is -0.483 e. The fourth-order valence-corrected chi connectivity index (χ4v) is 2.68. The molecule has 0 unspecified atom stereocenters. The lowest BCUT2D eigenvalue weighted by Gasteiger charge is -2.36. The number of nitrogens with one attached hydrogen (secondary N) is 1. The molecule has 0 radical (unpaired) electrons. The van der Waals surface area contributed by atoms with Crippen LogP contribution >= 0.6 is 0 Å². The maximum absolute atomic E-state index is 6.20. The van der Waals surface area contributed by atoms with E-state index < -0.39 is 0 Å². The zero-order valence-corrected chi connectivity index (χ0v) is 9.18. The Hall–Kier alpha value is -1.18. The lowest BCUT2D eigenvalue weighted by molar-refractivity contribution is 0.0829. The first kappa shape index (κ1) is 9.08. The second-order valence-corrected chi connectivity index (χ2v) is 4.85. The Morgan fingerprint density at radius 3 is 2.87 bits per heavy atom. The summed E-state index contributed by atoms with van der Waals surface area (Å²) in [6.45, 7) is 3.09. The van der Waals surface area contributed by atoms with Crippen LogP contribution in [0.5, 0.6) is 5.75 Å². The summed E-state index contributed by atoms with van der Waals surface area (Å²) >= 11 is 0. The van der Waals surface area contributed by atoms with Gasteiger partial charge in [0.1, 0.15) is 11.4 Å². The van der Waals surface area contributed by atoms with Crippen molar-refractivity contribution in [2.24, 2.45) is 0 Å². The molecule has 1 aliphatic carbocycles. The second-order valence-electron chi connectivity index (χ2n) is 4.85. The first-order chi connectivity index (χ1) is 7.27. The molecule has 0 amide bonds. The van der Waals surface area contributed by atoms with Crippen LogP contribution in [0.1, 0.15) is 31.2 Å². The van der Waals surface area contributed by atoms with Crippen LogP contribution in [0.15, 0.2) is 18.2 Å². The van der Waals surface area contributed by atoms with Crippen molar-refractivity contribution >= 4 is 5.69 Å². The van der Waals surface area contributed by atoms with E-state index >= 15 is 0 Å². The van der Waals surface area contributed by atoms with Gasteiger partial charge in [-0.2, -0.15) is 0 Å². The number of benzene rings is 1. The molecule has 1 spiro atoms. The number of fused-ring (bicyclic) bond motifs is 1. The Kier molecular flexibility index (Phi) is 1.91. The van der Waals surface area contributed by atoms with Gasteiger partial charge in [0.05, 0.1) is 12.2 Å². The second kappa shape index (κ2) is 3.16. The molecule has 1 heterocycles. The van der Waals surface area contributed by atoms with Crippen LogP contribution in [-0.4, -0.2) is 12.1 Å². The summed E-state index contributed by atoms with van der Waals surface area (Å²) in [6, 6.07) is 6.38. The molecular formula is C13H17NO. The molecule has 1 aliphatic heterocycles. The van der Waals surface area contributed by atoms with E-state index in [2.05, 4.69) is 30.4 Å². The first-order valence-corrected chi connectivity index (χ1v) is 5.81. The Bertz CT molecular complexity index is 380. The van der Waals surface area contributed by atoms with Gasteiger partial charge >= 0.3 is 0 Å². The van der Waals surface area contributed by atoms with E-state index in [0.717, 1.165) is 18.0 Å². The van der Waals surface area contributed by atoms with E-state index in [-0.39, 0.29) is 5.60 Å². The van der Waals surface area contributed by atoms with E-state index in [1.165, 1.54) is 31.2 Å². The largest absolute Gasteiger partial charge is 0.483 e. The Labute approximate surface area is 90.6 Å². The van der Waals surface area contributed by atoms with Gasteiger partial charge in [-0.15, -0.1) is 0 Å². The summed E-state index contributed by atoms with van der Waals surface area (Å²) in [5.41, 5.74) is 2.52. The van der Waals surface area contributed by atoms with Crippen LogP contribution in [0.2, 0.25) is 0 Å². The van der Waals surface area contributed by atoms with Gasteiger partial charge in [-0.25, -0.2) is 0 Å². The highest BCUT2D eigenvalue weighted by molar-refractivity contribution is 5.59. The highest BCUT2D eigenvalue weighted by Crippen LogP contribution is 2.41. The zero-order valence-electron chi connectivity index (χ0n) is 9.18. The van der Waals surface area contributed by atoms with E-state index in [0.29, 0.717) is 0 Å². The Morgan fingerprint density at radius 2 is 2.07 bits per heavy atom. The molecule has 3 rings (SSSR count). The number of hydrogen-bond acceptors (Lipinski definition) is 2. The summed E-state index contributed by atoms with van der Waals surface area (Å²) in [4.78, 5) is 0. The highest BCUT2D eigenvalue weighted by Gasteiger charge is 2.38. The van der Waals surface area contributed by atoms with Crippen molar-refractivity contribution in [3.8, 4) is 5.75 Å². The van der Waals surface area contributed by atoms with Gasteiger partial charge in [0, 0.05) is 0 Å². The number of aryl methyl sites for hydroxylation is 1. The van der Waals surface area contributed by atoms with E-state index in [4.69, 9.17) is 4.74 Å². The third kappa shape index (κ3) is 1.48. The zero-order chi connectivity index (χ0) is 10.3. The van der Waals surface area contributed by atoms with Crippen LogP contribution in [0.25, 0.3) is 0 Å². The van der Waals surface area contributed by atoms with Gasteiger partial charge < -0.3 is 10.1 Å². The van der Waals surface area contributed by atoms with Gasteiger partial charge in [-0.05, 0) is 50.3 Å². The summed E-state index contributed by atoms with van der Waals surface area (Å²) in [5, 5.41) is 3.50. The molecule has 0 bridgehead atoms. The molecule has 1 aromatic carbocycles. The van der Waals surface area contributed by atoms with Gasteiger partial charge in [-0.3, -0.25) is 0 Å². The maximum Gasteiger partial charge on any atom is 0.143 e. The van der Waals surface area contributed by atoms with E-state index in [1.54, 1.807) is 0 Å². The maximum atomic E-state index is 6.20. The van der Waals surface area contributed by atoms with Crippen molar-refractivity contribution in [2.45, 2.75) is 38.2 Å². The van der Waals surface area contributed by atoms with Crippen LogP contribution in [0.3, 0.4) is 0 Å². The lowest BCUT2D eigenvalue weighted by atomic mass is 9.99. The standard InChI is InChI=1S/C13H17NO/c1-10-4-5-11-12(8-10)15-13(9-14-11)6-2-3-7-13/h4-5,8,14H,2-3,6-7,9H2,1H3. The lowest BCUT2D eigenvalue weighted by Crippen LogP contribution is -2.43. The van der Waals surface area contributed by atoms with Gasteiger partial charge in [-0.1, -0.05) is 6.07 Å². The van der Waals surface area contributed by atoms with Crippen molar-refractivity contribution in [2.75, 3.05) is 11.9 Å². The third-order valence-electron chi connectivity index (χ3n) is 3.58. The average molecular weight is 203 g/mol. The summed E-state index contributed by atoms with van der Waals surface area (Å²) in [5.74, 6) is 1.04. The Balaban J connectivity index is 1.94.